The van der Waals surface area contributed by atoms with Crippen LogP contribution in [-0.2, 0) is 27.3 Å². The fraction of sp³-hybridized carbons (Fsp3) is 0.379. The van der Waals surface area contributed by atoms with Crippen molar-refractivity contribution in [2.45, 2.75) is 49.7 Å². The Morgan fingerprint density at radius 3 is 2.45 bits per heavy atom. The SMILES string of the molecule is CCC(O)(c1cc(F)c2c(c1)C(=O)N(Cc1ncc(Cl)cc1Br)[C@@]2(OC)c1ccc(Cl)cc1)C1(F)CCOCC1. The van der Waals surface area contributed by atoms with Crippen molar-refractivity contribution in [2.24, 2.45) is 0 Å². The Morgan fingerprint density at radius 2 is 1.85 bits per heavy atom. The summed E-state index contributed by atoms with van der Waals surface area (Å²) < 4.78 is 44.5. The Hall–Kier alpha value is -2.14. The van der Waals surface area contributed by atoms with E-state index in [9.17, 15) is 9.90 Å². The van der Waals surface area contributed by atoms with Gasteiger partial charge in [0.05, 0.1) is 28.4 Å². The summed E-state index contributed by atoms with van der Waals surface area (Å²) in [4.78, 5) is 19.9. The fourth-order valence-corrected chi connectivity index (χ4v) is 6.76. The van der Waals surface area contributed by atoms with Crippen LogP contribution < -0.4 is 0 Å². The summed E-state index contributed by atoms with van der Waals surface area (Å²) in [5.74, 6) is -1.39. The summed E-state index contributed by atoms with van der Waals surface area (Å²) in [6.45, 7) is 1.81. The summed E-state index contributed by atoms with van der Waals surface area (Å²) in [5.41, 5.74) is -5.02. The van der Waals surface area contributed by atoms with E-state index >= 15 is 8.78 Å². The van der Waals surface area contributed by atoms with Gasteiger partial charge in [-0.25, -0.2) is 8.78 Å². The number of nitrogens with zero attached hydrogens (tertiary/aromatic N) is 2. The molecule has 11 heteroatoms. The molecule has 1 saturated heterocycles. The molecular formula is C29H27BrCl2F2N2O4. The third-order valence-electron chi connectivity index (χ3n) is 8.02. The molecule has 6 nitrogen and oxygen atoms in total. The average Bonchev–Trinajstić information content (AvgIpc) is 3.18. The summed E-state index contributed by atoms with van der Waals surface area (Å²) in [5, 5.41) is 12.6. The lowest BCUT2D eigenvalue weighted by molar-refractivity contribution is -0.155. The second kappa shape index (κ2) is 10.9. The molecule has 1 fully saturated rings. The van der Waals surface area contributed by atoms with E-state index in [0.717, 1.165) is 6.07 Å². The molecule has 212 valence electrons. The molecule has 5 rings (SSSR count). The van der Waals surface area contributed by atoms with Crippen LogP contribution in [0.25, 0.3) is 0 Å². The van der Waals surface area contributed by atoms with Gasteiger partial charge >= 0.3 is 0 Å². The van der Waals surface area contributed by atoms with Gasteiger partial charge in [-0.05, 0) is 58.2 Å². The lowest BCUT2D eigenvalue weighted by Gasteiger charge is -2.44. The number of aromatic nitrogens is 1. The van der Waals surface area contributed by atoms with Gasteiger partial charge in [-0.15, -0.1) is 0 Å². The molecule has 2 atom stereocenters. The van der Waals surface area contributed by atoms with Gasteiger partial charge in [-0.3, -0.25) is 14.7 Å². The molecule has 1 N–H and O–H groups in total. The molecule has 1 aromatic heterocycles. The molecule has 2 aromatic carbocycles. The van der Waals surface area contributed by atoms with Gasteiger partial charge in [0, 0.05) is 54.4 Å². The molecule has 0 radical (unpaired) electrons. The summed E-state index contributed by atoms with van der Waals surface area (Å²) in [6, 6.07) is 10.7. The predicted octanol–water partition coefficient (Wildman–Crippen LogP) is 6.91. The Bertz CT molecular complexity index is 1450. The molecule has 2 aliphatic rings. The molecule has 3 heterocycles. The lowest BCUT2D eigenvalue weighted by atomic mass is 9.72. The Morgan fingerprint density at radius 1 is 1.18 bits per heavy atom. The van der Waals surface area contributed by atoms with Crippen LogP contribution in [-0.4, -0.2) is 46.9 Å². The van der Waals surface area contributed by atoms with Crippen LogP contribution in [0, 0.1) is 5.82 Å². The highest BCUT2D eigenvalue weighted by Crippen LogP contribution is 2.51. The highest BCUT2D eigenvalue weighted by atomic mass is 79.9. The standard InChI is InChI=1S/C29H27BrCl2F2N2O4/c1-3-28(38,27(34)8-10-40-11-9-27)18-12-21-25(23(33)13-18)29(39-2,17-4-6-19(31)7-5-17)36(26(21)37)16-24-22(30)14-20(32)15-35-24/h4-7,12-15,38H,3,8-11,16H2,1-2H3/t28?,29-/m1/s1. The number of fused-ring (bicyclic) bond motifs is 1. The lowest BCUT2D eigenvalue weighted by Crippen LogP contribution is -2.51. The summed E-state index contributed by atoms with van der Waals surface area (Å²) in [6.07, 6.45) is 1.30. The van der Waals surface area contributed by atoms with E-state index in [4.69, 9.17) is 32.7 Å². The van der Waals surface area contributed by atoms with Crippen LogP contribution in [0.3, 0.4) is 0 Å². The van der Waals surface area contributed by atoms with Crippen molar-refractivity contribution in [3.8, 4) is 0 Å². The minimum Gasteiger partial charge on any atom is -0.382 e. The third-order valence-corrected chi connectivity index (χ3v) is 9.17. The number of hydrogen-bond donors (Lipinski definition) is 1. The molecule has 1 unspecified atom stereocenters. The second-order valence-corrected chi connectivity index (χ2v) is 11.7. The number of ether oxygens (including phenoxy) is 2. The number of carbonyl (C=O) groups excluding carboxylic acids is 1. The minimum atomic E-state index is -2.06. The zero-order chi connectivity index (χ0) is 28.9. The van der Waals surface area contributed by atoms with Crippen LogP contribution in [0.2, 0.25) is 10.0 Å². The zero-order valence-corrected chi connectivity index (χ0v) is 24.9. The molecule has 40 heavy (non-hydrogen) atoms. The Labute approximate surface area is 249 Å². The van der Waals surface area contributed by atoms with Gasteiger partial charge in [0.15, 0.2) is 5.72 Å². The molecule has 0 spiro atoms. The van der Waals surface area contributed by atoms with E-state index in [2.05, 4.69) is 20.9 Å². The highest BCUT2D eigenvalue weighted by molar-refractivity contribution is 9.10. The number of aliphatic hydroxyl groups is 1. The van der Waals surface area contributed by atoms with Gasteiger partial charge in [-0.2, -0.15) is 0 Å². The molecule has 0 aliphatic carbocycles. The smallest absolute Gasteiger partial charge is 0.257 e. The van der Waals surface area contributed by atoms with Crippen molar-refractivity contribution in [3.63, 3.8) is 0 Å². The van der Waals surface area contributed by atoms with Crippen molar-refractivity contribution >= 4 is 45.0 Å². The third kappa shape index (κ3) is 4.55. The van der Waals surface area contributed by atoms with Gasteiger partial charge in [0.2, 0.25) is 0 Å². The number of methoxy groups -OCH3 is 1. The maximum absolute atomic E-state index is 16.4. The molecule has 0 bridgehead atoms. The fourth-order valence-electron chi connectivity index (χ4n) is 5.87. The number of amides is 1. The maximum atomic E-state index is 16.4. The number of hydrogen-bond acceptors (Lipinski definition) is 5. The molecular weight excluding hydrogens is 629 g/mol. The quantitative estimate of drug-likeness (QED) is 0.300. The highest BCUT2D eigenvalue weighted by Gasteiger charge is 2.57. The van der Waals surface area contributed by atoms with E-state index < -0.39 is 28.7 Å². The minimum absolute atomic E-state index is 0.0160. The Kier molecular flexibility index (Phi) is 8.02. The number of pyridine rings is 1. The van der Waals surface area contributed by atoms with E-state index in [1.807, 2.05) is 0 Å². The van der Waals surface area contributed by atoms with E-state index in [1.54, 1.807) is 37.3 Å². The Balaban J connectivity index is 1.72. The van der Waals surface area contributed by atoms with Crippen molar-refractivity contribution in [1.82, 2.24) is 9.88 Å². The van der Waals surface area contributed by atoms with Crippen molar-refractivity contribution in [3.05, 3.63) is 96.9 Å². The maximum Gasteiger partial charge on any atom is 0.257 e. The largest absolute Gasteiger partial charge is 0.382 e. The number of carbonyl (C=O) groups is 1. The first-order valence-electron chi connectivity index (χ1n) is 12.8. The first-order valence-corrected chi connectivity index (χ1v) is 14.3. The molecule has 1 amide bonds. The van der Waals surface area contributed by atoms with Crippen LogP contribution >= 0.6 is 39.1 Å². The van der Waals surface area contributed by atoms with Crippen LogP contribution in [0.1, 0.15) is 58.9 Å². The van der Waals surface area contributed by atoms with Crippen LogP contribution in [0.5, 0.6) is 0 Å². The number of alkyl halides is 1. The van der Waals surface area contributed by atoms with Crippen molar-refractivity contribution in [1.29, 1.82) is 0 Å². The van der Waals surface area contributed by atoms with E-state index in [1.165, 1.54) is 24.3 Å². The zero-order valence-electron chi connectivity index (χ0n) is 21.8. The van der Waals surface area contributed by atoms with Crippen LogP contribution in [0.4, 0.5) is 8.78 Å². The molecule has 0 saturated carbocycles. The average molecular weight is 656 g/mol. The summed E-state index contributed by atoms with van der Waals surface area (Å²) in [7, 11) is 1.38. The normalized spacial score (nSPS) is 21.8. The first kappa shape index (κ1) is 29.4. The van der Waals surface area contributed by atoms with Crippen molar-refractivity contribution < 1.29 is 28.2 Å². The van der Waals surface area contributed by atoms with Gasteiger partial charge in [-0.1, -0.05) is 42.3 Å². The molecule has 2 aliphatic heterocycles. The number of halogens is 5. The van der Waals surface area contributed by atoms with Crippen LogP contribution in [0.15, 0.2) is 53.1 Å². The summed E-state index contributed by atoms with van der Waals surface area (Å²) >= 11 is 15.7. The van der Waals surface area contributed by atoms with Gasteiger partial charge in [0.1, 0.15) is 17.1 Å². The van der Waals surface area contributed by atoms with Crippen molar-refractivity contribution in [2.75, 3.05) is 20.3 Å². The second-order valence-electron chi connectivity index (χ2n) is 10.0. The van der Waals surface area contributed by atoms with Gasteiger partial charge < -0.3 is 14.6 Å². The topological polar surface area (TPSA) is 71.9 Å². The van der Waals surface area contributed by atoms with E-state index in [-0.39, 0.29) is 55.7 Å². The number of rotatable bonds is 7. The molecule has 3 aromatic rings. The van der Waals surface area contributed by atoms with Gasteiger partial charge in [0.25, 0.3) is 5.91 Å². The monoisotopic (exact) mass is 654 g/mol. The van der Waals surface area contributed by atoms with E-state index in [0.29, 0.717) is 25.8 Å². The predicted molar refractivity (Wildman–Crippen MR) is 151 cm³/mol. The first-order chi connectivity index (χ1) is 19.0. The number of benzene rings is 2.